The molecular formula is C13H26Cl2O3. The Morgan fingerprint density at radius 3 is 2.06 bits per heavy atom. The first-order chi connectivity index (χ1) is 8.63. The molecule has 0 aromatic heterocycles. The topological polar surface area (TPSA) is 38.7 Å². The summed E-state index contributed by atoms with van der Waals surface area (Å²) in [6.45, 7) is 4.38. The highest BCUT2D eigenvalue weighted by atomic mass is 35.5. The maximum Gasteiger partial charge on any atom is 0.131 e. The maximum absolute atomic E-state index is 9.18. The van der Waals surface area contributed by atoms with Crippen LogP contribution in [0, 0.1) is 0 Å². The molecule has 0 aromatic carbocycles. The van der Waals surface area contributed by atoms with Crippen LogP contribution in [0.1, 0.15) is 52.4 Å². The minimum Gasteiger partial charge on any atom is -0.394 e. The van der Waals surface area contributed by atoms with Crippen molar-refractivity contribution in [3.63, 3.8) is 0 Å². The number of halogens is 2. The Kier molecular flexibility index (Phi) is 12.8. The third-order valence-electron chi connectivity index (χ3n) is 2.58. The average molecular weight is 301 g/mol. The first kappa shape index (κ1) is 18.5. The number of aliphatic hydroxyl groups is 1. The van der Waals surface area contributed by atoms with E-state index in [-0.39, 0.29) is 24.3 Å². The lowest BCUT2D eigenvalue weighted by atomic mass is 10.2. The van der Waals surface area contributed by atoms with E-state index in [0.29, 0.717) is 0 Å². The van der Waals surface area contributed by atoms with Crippen LogP contribution in [0.3, 0.4) is 0 Å². The van der Waals surface area contributed by atoms with Crippen molar-refractivity contribution >= 4 is 23.2 Å². The van der Waals surface area contributed by atoms with Gasteiger partial charge in [0, 0.05) is 0 Å². The summed E-state index contributed by atoms with van der Waals surface area (Å²) in [5.74, 6) is 0. The van der Waals surface area contributed by atoms with Gasteiger partial charge in [-0.15, -0.1) is 0 Å². The highest BCUT2D eigenvalue weighted by Gasteiger charge is 2.15. The molecule has 0 saturated carbocycles. The summed E-state index contributed by atoms with van der Waals surface area (Å²) in [6, 6.07) is 0. The van der Waals surface area contributed by atoms with Gasteiger partial charge in [-0.1, -0.05) is 49.9 Å². The van der Waals surface area contributed by atoms with Gasteiger partial charge < -0.3 is 14.6 Å². The quantitative estimate of drug-likeness (QED) is 0.556. The number of rotatable bonds is 12. The van der Waals surface area contributed by atoms with Crippen molar-refractivity contribution in [1.82, 2.24) is 0 Å². The molecule has 5 heteroatoms. The van der Waals surface area contributed by atoms with Crippen LogP contribution in [-0.2, 0) is 9.47 Å². The molecule has 3 unspecified atom stereocenters. The molecule has 3 nitrogen and oxygen atoms in total. The summed E-state index contributed by atoms with van der Waals surface area (Å²) >= 11 is 12.0. The van der Waals surface area contributed by atoms with Gasteiger partial charge in [0.25, 0.3) is 0 Å². The summed E-state index contributed by atoms with van der Waals surface area (Å²) in [6.07, 6.45) is 5.42. The Morgan fingerprint density at radius 1 is 1.00 bits per heavy atom. The minimum absolute atomic E-state index is 0.104. The third kappa shape index (κ3) is 10.4. The second-order valence-electron chi connectivity index (χ2n) is 4.38. The second-order valence-corrected chi connectivity index (χ2v) is 5.35. The zero-order chi connectivity index (χ0) is 13.8. The smallest absolute Gasteiger partial charge is 0.131 e. The van der Waals surface area contributed by atoms with Crippen molar-refractivity contribution in [3.05, 3.63) is 0 Å². The van der Waals surface area contributed by atoms with E-state index in [4.69, 9.17) is 32.7 Å². The Hall–Kier alpha value is 0.460. The molecule has 0 amide bonds. The molecule has 0 aliphatic carbocycles. The number of hydrogen-bond donors (Lipinski definition) is 1. The SMILES string of the molecule is CCCCC(Cl)OCC(CO)OC(Cl)CCCC. The fourth-order valence-corrected chi connectivity index (χ4v) is 1.96. The number of unbranched alkanes of at least 4 members (excludes halogenated alkanes) is 2. The Balaban J connectivity index is 3.74. The molecule has 3 atom stereocenters. The molecule has 0 bridgehead atoms. The van der Waals surface area contributed by atoms with Gasteiger partial charge in [0.05, 0.1) is 13.2 Å². The molecular weight excluding hydrogens is 275 g/mol. The lowest BCUT2D eigenvalue weighted by Crippen LogP contribution is -2.28. The fraction of sp³-hybridized carbons (Fsp3) is 1.00. The van der Waals surface area contributed by atoms with Gasteiger partial charge in [-0.05, 0) is 25.7 Å². The van der Waals surface area contributed by atoms with Gasteiger partial charge in [0.1, 0.15) is 17.2 Å². The molecule has 0 rings (SSSR count). The molecule has 0 saturated heterocycles. The predicted octanol–water partition coefficient (Wildman–Crippen LogP) is 3.89. The minimum atomic E-state index is -0.396. The van der Waals surface area contributed by atoms with Gasteiger partial charge in [-0.25, -0.2) is 0 Å². The summed E-state index contributed by atoms with van der Waals surface area (Å²) in [4.78, 5) is 0. The van der Waals surface area contributed by atoms with Crippen LogP contribution in [0.25, 0.3) is 0 Å². The Morgan fingerprint density at radius 2 is 1.56 bits per heavy atom. The monoisotopic (exact) mass is 300 g/mol. The van der Waals surface area contributed by atoms with Gasteiger partial charge >= 0.3 is 0 Å². The van der Waals surface area contributed by atoms with E-state index >= 15 is 0 Å². The molecule has 110 valence electrons. The molecule has 0 fully saturated rings. The first-order valence-corrected chi connectivity index (χ1v) is 7.67. The largest absolute Gasteiger partial charge is 0.394 e. The molecule has 0 radical (unpaired) electrons. The van der Waals surface area contributed by atoms with Crippen molar-refractivity contribution in [3.8, 4) is 0 Å². The van der Waals surface area contributed by atoms with E-state index in [1.165, 1.54) is 0 Å². The second kappa shape index (κ2) is 12.5. The van der Waals surface area contributed by atoms with E-state index in [2.05, 4.69) is 13.8 Å². The van der Waals surface area contributed by atoms with Crippen LogP contribution < -0.4 is 0 Å². The van der Waals surface area contributed by atoms with E-state index in [1.54, 1.807) is 0 Å². The van der Waals surface area contributed by atoms with Crippen molar-refractivity contribution in [2.24, 2.45) is 0 Å². The molecule has 0 aliphatic heterocycles. The number of alkyl halides is 2. The van der Waals surface area contributed by atoms with Gasteiger partial charge in [0.2, 0.25) is 0 Å². The van der Waals surface area contributed by atoms with Gasteiger partial charge in [-0.2, -0.15) is 0 Å². The van der Waals surface area contributed by atoms with E-state index in [1.807, 2.05) is 0 Å². The van der Waals surface area contributed by atoms with Crippen LogP contribution in [-0.4, -0.2) is 35.6 Å². The number of hydrogen-bond acceptors (Lipinski definition) is 3. The van der Waals surface area contributed by atoms with Crippen molar-refractivity contribution in [2.75, 3.05) is 13.2 Å². The average Bonchev–Trinajstić information content (AvgIpc) is 2.38. The molecule has 0 heterocycles. The van der Waals surface area contributed by atoms with Crippen LogP contribution in [0.4, 0.5) is 0 Å². The zero-order valence-corrected chi connectivity index (χ0v) is 12.9. The Bertz CT molecular complexity index is 182. The summed E-state index contributed by atoms with van der Waals surface area (Å²) in [5.41, 5.74) is -0.679. The number of aliphatic hydroxyl groups excluding tert-OH is 1. The van der Waals surface area contributed by atoms with Crippen LogP contribution >= 0.6 is 23.2 Å². The zero-order valence-electron chi connectivity index (χ0n) is 11.4. The summed E-state index contributed by atoms with van der Waals surface area (Å²) < 4.78 is 10.9. The molecule has 18 heavy (non-hydrogen) atoms. The molecule has 0 spiro atoms. The maximum atomic E-state index is 9.18. The predicted molar refractivity (Wildman–Crippen MR) is 76.2 cm³/mol. The lowest BCUT2D eigenvalue weighted by Gasteiger charge is -2.20. The first-order valence-electron chi connectivity index (χ1n) is 6.80. The van der Waals surface area contributed by atoms with Crippen LogP contribution in [0.2, 0.25) is 0 Å². The highest BCUT2D eigenvalue weighted by molar-refractivity contribution is 6.19. The fourth-order valence-electron chi connectivity index (χ4n) is 1.44. The van der Waals surface area contributed by atoms with Crippen LogP contribution in [0.5, 0.6) is 0 Å². The highest BCUT2D eigenvalue weighted by Crippen LogP contribution is 2.14. The normalized spacial score (nSPS) is 16.5. The lowest BCUT2D eigenvalue weighted by molar-refractivity contribution is -0.0629. The van der Waals surface area contributed by atoms with Crippen LogP contribution in [0.15, 0.2) is 0 Å². The molecule has 1 N–H and O–H groups in total. The van der Waals surface area contributed by atoms with Gasteiger partial charge in [0.15, 0.2) is 0 Å². The van der Waals surface area contributed by atoms with E-state index in [0.717, 1.165) is 38.5 Å². The van der Waals surface area contributed by atoms with Crippen molar-refractivity contribution < 1.29 is 14.6 Å². The van der Waals surface area contributed by atoms with Gasteiger partial charge in [-0.3, -0.25) is 0 Å². The van der Waals surface area contributed by atoms with E-state index < -0.39 is 6.10 Å². The Labute approximate surface area is 121 Å². The van der Waals surface area contributed by atoms with Crippen molar-refractivity contribution in [2.45, 2.75) is 69.6 Å². The standard InChI is InChI=1S/C13H26Cl2O3/c1-3-5-7-12(14)17-10-11(9-16)18-13(15)8-6-4-2/h11-13,16H,3-10H2,1-2H3. The summed E-state index contributed by atoms with van der Waals surface area (Å²) in [5, 5.41) is 9.18. The van der Waals surface area contributed by atoms with Crippen molar-refractivity contribution in [1.29, 1.82) is 0 Å². The number of ether oxygens (including phenoxy) is 2. The molecule has 0 aliphatic rings. The summed E-state index contributed by atoms with van der Waals surface area (Å²) in [7, 11) is 0. The molecule has 0 aromatic rings. The van der Waals surface area contributed by atoms with E-state index in [9.17, 15) is 5.11 Å². The third-order valence-corrected chi connectivity index (χ3v) is 3.24.